The molecule has 0 spiro atoms. The smallest absolute Gasteiger partial charge is 0.383 e. The van der Waals surface area contributed by atoms with E-state index in [1.165, 1.54) is 28.2 Å². The van der Waals surface area contributed by atoms with Gasteiger partial charge in [0.05, 0.1) is 17.5 Å². The largest absolute Gasteiger partial charge is 0.419 e. The van der Waals surface area contributed by atoms with Gasteiger partial charge in [0.25, 0.3) is 0 Å². The Labute approximate surface area is 217 Å². The molecule has 0 aliphatic heterocycles. The molecular formula is C22H20F5N7O2S2. The summed E-state index contributed by atoms with van der Waals surface area (Å²) in [6.45, 7) is 0. The van der Waals surface area contributed by atoms with Crippen LogP contribution >= 0.6 is 11.3 Å². The zero-order chi connectivity index (χ0) is 27.2. The van der Waals surface area contributed by atoms with Gasteiger partial charge in [-0.3, -0.25) is 0 Å². The SMILES string of the molecule is Nc1ncc(-c2cnc3sc(N[C@H]4CC[C@H](NS(=O)(=O)c5ccc(F)cc5F)CC4)nn23)cc1C(F)(F)F. The van der Waals surface area contributed by atoms with Crippen LogP contribution in [0, 0.1) is 11.6 Å². The average Bonchev–Trinajstić information content (AvgIpc) is 3.40. The summed E-state index contributed by atoms with van der Waals surface area (Å²) in [5.41, 5.74) is 4.81. The fraction of sp³-hybridized carbons (Fsp3) is 0.318. The van der Waals surface area contributed by atoms with Crippen LogP contribution in [0.3, 0.4) is 0 Å². The highest BCUT2D eigenvalue weighted by atomic mass is 32.2. The zero-order valence-corrected chi connectivity index (χ0v) is 21.0. The van der Waals surface area contributed by atoms with Crippen LogP contribution in [0.25, 0.3) is 16.2 Å². The summed E-state index contributed by atoms with van der Waals surface area (Å²) in [7, 11) is -4.16. The van der Waals surface area contributed by atoms with Gasteiger partial charge >= 0.3 is 6.18 Å². The molecule has 1 aromatic carbocycles. The summed E-state index contributed by atoms with van der Waals surface area (Å²) in [4.78, 5) is 7.73. The number of fused-ring (bicyclic) bond motifs is 1. The van der Waals surface area contributed by atoms with E-state index in [9.17, 15) is 30.4 Å². The van der Waals surface area contributed by atoms with Crippen LogP contribution in [0.4, 0.5) is 32.9 Å². The number of nitrogen functional groups attached to an aromatic ring is 1. The molecule has 9 nitrogen and oxygen atoms in total. The Morgan fingerprint density at radius 3 is 2.42 bits per heavy atom. The maximum Gasteiger partial charge on any atom is 0.419 e. The molecule has 1 aliphatic rings. The Morgan fingerprint density at radius 1 is 1.03 bits per heavy atom. The predicted octanol–water partition coefficient (Wildman–Crippen LogP) is 4.43. The van der Waals surface area contributed by atoms with Crippen LogP contribution in [0.1, 0.15) is 31.2 Å². The van der Waals surface area contributed by atoms with Gasteiger partial charge in [-0.2, -0.15) is 13.2 Å². The minimum Gasteiger partial charge on any atom is -0.383 e. The van der Waals surface area contributed by atoms with Crippen molar-refractivity contribution in [2.45, 2.75) is 48.8 Å². The Hall–Kier alpha value is -3.37. The molecule has 5 rings (SSSR count). The molecule has 3 heterocycles. The Kier molecular flexibility index (Phi) is 6.73. The number of sulfonamides is 1. The number of nitrogens with zero attached hydrogens (tertiary/aromatic N) is 4. The molecule has 3 aromatic heterocycles. The van der Waals surface area contributed by atoms with Gasteiger partial charge in [0.15, 0.2) is 0 Å². The molecule has 1 fully saturated rings. The molecule has 4 N–H and O–H groups in total. The first-order valence-electron chi connectivity index (χ1n) is 11.3. The first kappa shape index (κ1) is 26.2. The molecule has 0 radical (unpaired) electrons. The third kappa shape index (κ3) is 5.28. The van der Waals surface area contributed by atoms with E-state index in [0.29, 0.717) is 47.5 Å². The highest BCUT2D eigenvalue weighted by Crippen LogP contribution is 2.36. The number of anilines is 2. The van der Waals surface area contributed by atoms with E-state index in [2.05, 4.69) is 25.1 Å². The average molecular weight is 574 g/mol. The predicted molar refractivity (Wildman–Crippen MR) is 130 cm³/mol. The van der Waals surface area contributed by atoms with Crippen LogP contribution in [0.5, 0.6) is 0 Å². The number of nitrogens with one attached hydrogen (secondary N) is 2. The van der Waals surface area contributed by atoms with Crippen molar-refractivity contribution in [1.82, 2.24) is 24.3 Å². The molecule has 202 valence electrons. The van der Waals surface area contributed by atoms with Crippen molar-refractivity contribution >= 4 is 37.3 Å². The van der Waals surface area contributed by atoms with Gasteiger partial charge in [0.1, 0.15) is 22.3 Å². The number of aromatic nitrogens is 4. The second kappa shape index (κ2) is 9.74. The summed E-state index contributed by atoms with van der Waals surface area (Å²) < 4.78 is 95.8. The van der Waals surface area contributed by atoms with E-state index in [1.807, 2.05) is 0 Å². The number of hydrogen-bond donors (Lipinski definition) is 3. The van der Waals surface area contributed by atoms with Crippen molar-refractivity contribution < 1.29 is 30.4 Å². The molecular weight excluding hydrogens is 553 g/mol. The standard InChI is InChI=1S/C22H20F5N7O2S2/c23-12-1-6-18(16(24)8-12)38(35,36)33-14-4-2-13(3-5-14)31-20-32-34-17(10-30-21(34)37-20)11-7-15(22(25,26)27)19(28)29-9-11/h1,6-10,13-14,33H,2-5H2,(H2,28,29)(H,31,32)/t13-,14-. The highest BCUT2D eigenvalue weighted by molar-refractivity contribution is 7.89. The number of rotatable bonds is 6. The molecule has 1 aliphatic carbocycles. The van der Waals surface area contributed by atoms with Gasteiger partial charge in [-0.1, -0.05) is 11.3 Å². The highest BCUT2D eigenvalue weighted by Gasteiger charge is 2.34. The number of imidazole rings is 1. The van der Waals surface area contributed by atoms with Gasteiger partial charge in [0.2, 0.25) is 20.1 Å². The molecule has 0 atom stereocenters. The van der Waals surface area contributed by atoms with Crippen molar-refractivity contribution in [2.75, 3.05) is 11.1 Å². The minimum absolute atomic E-state index is 0.0485. The Bertz CT molecular complexity index is 1600. The van der Waals surface area contributed by atoms with Crippen LogP contribution in [0.15, 0.2) is 41.6 Å². The first-order chi connectivity index (χ1) is 17.9. The summed E-state index contributed by atoms with van der Waals surface area (Å²) >= 11 is 1.21. The summed E-state index contributed by atoms with van der Waals surface area (Å²) in [6, 6.07) is 2.71. The lowest BCUT2D eigenvalue weighted by Gasteiger charge is -2.29. The number of nitrogens with two attached hydrogens (primary N) is 1. The monoisotopic (exact) mass is 573 g/mol. The van der Waals surface area contributed by atoms with Crippen LogP contribution in [-0.4, -0.2) is 40.1 Å². The fourth-order valence-corrected chi connectivity index (χ4v) is 6.51. The van der Waals surface area contributed by atoms with Crippen LogP contribution in [-0.2, 0) is 16.2 Å². The lowest BCUT2D eigenvalue weighted by Crippen LogP contribution is -2.40. The van der Waals surface area contributed by atoms with Crippen molar-refractivity contribution in [3.8, 4) is 11.3 Å². The van der Waals surface area contributed by atoms with Gasteiger partial charge < -0.3 is 11.1 Å². The van der Waals surface area contributed by atoms with E-state index in [1.54, 1.807) is 0 Å². The van der Waals surface area contributed by atoms with Gasteiger partial charge in [-0.05, 0) is 43.9 Å². The summed E-state index contributed by atoms with van der Waals surface area (Å²) in [5.74, 6) is -2.65. The van der Waals surface area contributed by atoms with Crippen molar-refractivity contribution in [3.63, 3.8) is 0 Å². The van der Waals surface area contributed by atoms with E-state index in [-0.39, 0.29) is 11.6 Å². The first-order valence-corrected chi connectivity index (χ1v) is 13.6. The van der Waals surface area contributed by atoms with E-state index in [0.717, 1.165) is 18.2 Å². The normalized spacial score (nSPS) is 18.7. The van der Waals surface area contributed by atoms with Crippen molar-refractivity contribution in [3.05, 3.63) is 53.9 Å². The third-order valence-electron chi connectivity index (χ3n) is 6.17. The number of halogens is 5. The second-order valence-electron chi connectivity index (χ2n) is 8.79. The Balaban J connectivity index is 1.24. The molecule has 0 unspecified atom stereocenters. The van der Waals surface area contributed by atoms with Crippen molar-refractivity contribution in [2.24, 2.45) is 0 Å². The molecule has 38 heavy (non-hydrogen) atoms. The molecule has 0 bridgehead atoms. The molecule has 0 amide bonds. The maximum atomic E-state index is 14.0. The molecule has 0 saturated heterocycles. The van der Waals surface area contributed by atoms with Crippen LogP contribution in [0.2, 0.25) is 0 Å². The van der Waals surface area contributed by atoms with E-state index >= 15 is 0 Å². The molecule has 16 heteroatoms. The lowest BCUT2D eigenvalue weighted by atomic mass is 9.92. The number of benzene rings is 1. The topological polar surface area (TPSA) is 127 Å². The second-order valence-corrected chi connectivity index (χ2v) is 11.4. The zero-order valence-electron chi connectivity index (χ0n) is 19.3. The van der Waals surface area contributed by atoms with Gasteiger partial charge in [0, 0.05) is 29.9 Å². The maximum absolute atomic E-state index is 14.0. The lowest BCUT2D eigenvalue weighted by molar-refractivity contribution is -0.137. The van der Waals surface area contributed by atoms with Crippen LogP contribution < -0.4 is 15.8 Å². The van der Waals surface area contributed by atoms with E-state index in [4.69, 9.17) is 5.73 Å². The molecule has 4 aromatic rings. The number of alkyl halides is 3. The fourth-order valence-electron chi connectivity index (χ4n) is 4.30. The minimum atomic E-state index is -4.66. The third-order valence-corrected chi connectivity index (χ3v) is 8.57. The van der Waals surface area contributed by atoms with Gasteiger partial charge in [-0.25, -0.2) is 36.4 Å². The van der Waals surface area contributed by atoms with Gasteiger partial charge in [-0.15, -0.1) is 5.10 Å². The van der Waals surface area contributed by atoms with E-state index < -0.39 is 50.2 Å². The number of hydrogen-bond acceptors (Lipinski definition) is 8. The quantitative estimate of drug-likeness (QED) is 0.291. The summed E-state index contributed by atoms with van der Waals surface area (Å²) in [6.07, 6.45) is 0.0364. The molecule has 1 saturated carbocycles. The number of pyridine rings is 1. The summed E-state index contributed by atoms with van der Waals surface area (Å²) in [5, 5.41) is 8.18. The van der Waals surface area contributed by atoms with Crippen molar-refractivity contribution in [1.29, 1.82) is 0 Å². The Morgan fingerprint density at radius 2 is 1.74 bits per heavy atom.